The van der Waals surface area contributed by atoms with E-state index in [2.05, 4.69) is 101 Å². The molecular formula is C69H128N34O16S. The molecule has 120 heavy (non-hydrogen) atoms. The number of primary amides is 2. The van der Waals surface area contributed by atoms with Gasteiger partial charge in [-0.1, -0.05) is 12.1 Å². The van der Waals surface area contributed by atoms with Crippen molar-refractivity contribution in [1.29, 1.82) is 0 Å². The smallest absolute Gasteiger partial charge is 0.300 e. The molecule has 47 N–H and O–H groups in total. The summed E-state index contributed by atoms with van der Waals surface area (Å²) < 4.78 is 0. The number of benzene rings is 1. The molecule has 1 aromatic carbocycles. The number of nitrogens with zero attached hydrogens (tertiary/aromatic N) is 6. The molecule has 1 rings (SSSR count). The summed E-state index contributed by atoms with van der Waals surface area (Å²) in [5, 5.41) is 45.6. The van der Waals surface area contributed by atoms with Gasteiger partial charge < -0.3 is 166 Å². The Hall–Kier alpha value is -12.5. The van der Waals surface area contributed by atoms with Crippen molar-refractivity contribution >= 4 is 131 Å². The molecule has 0 unspecified atom stereocenters. The molecule has 11 atom stereocenters. The van der Waals surface area contributed by atoms with E-state index < -0.39 is 169 Å². The lowest BCUT2D eigenvalue weighted by Gasteiger charge is -2.28. The summed E-state index contributed by atoms with van der Waals surface area (Å²) in [6.45, 7) is 0.379. The van der Waals surface area contributed by atoms with E-state index in [1.165, 1.54) is 24.3 Å². The summed E-state index contributed by atoms with van der Waals surface area (Å²) in [5.74, 6) is -14.9. The second kappa shape index (κ2) is 61.8. The van der Waals surface area contributed by atoms with Gasteiger partial charge in [0.15, 0.2) is 35.8 Å². The number of aliphatic imine (C=N–C) groups is 6. The topological polar surface area (TPSA) is 928 Å². The Balaban J connectivity index is 0.0000345. The average molecular weight is 1720 g/mol. The maximum atomic E-state index is 14.9. The minimum Gasteiger partial charge on any atom is -0.508 e. The zero-order chi connectivity index (χ0) is 90.8. The molecule has 676 valence electrons. The number of phenols is 1. The van der Waals surface area contributed by atoms with Crippen molar-refractivity contribution in [3.8, 4) is 5.75 Å². The van der Waals surface area contributed by atoms with Crippen molar-refractivity contribution in [2.75, 3.05) is 64.7 Å². The lowest BCUT2D eigenvalue weighted by molar-refractivity contribution is -0.136. The molecule has 50 nitrogen and oxygen atoms in total. The molecule has 0 radical (unpaired) electrons. The number of guanidine groups is 6. The molecule has 0 aromatic heterocycles. The van der Waals surface area contributed by atoms with E-state index in [9.17, 15) is 67.4 Å². The summed E-state index contributed by atoms with van der Waals surface area (Å²) in [5.41, 5.74) is 95.9. The number of phenolic OH excluding ortho intramolecular Hbond substituents is 1. The average Bonchev–Trinajstić information content (AvgIpc) is 0.856. The molecular weight excluding hydrogens is 1590 g/mol. The van der Waals surface area contributed by atoms with Crippen molar-refractivity contribution in [3.63, 3.8) is 0 Å². The number of thiol groups is 1. The van der Waals surface area contributed by atoms with Gasteiger partial charge in [0.1, 0.15) is 66.2 Å². The van der Waals surface area contributed by atoms with Gasteiger partial charge in [-0.05, 0) is 153 Å². The van der Waals surface area contributed by atoms with Gasteiger partial charge >= 0.3 is 0 Å². The quantitative estimate of drug-likeness (QED) is 0.0125. The molecule has 51 heteroatoms. The number of carboxylic acid groups (broad SMARTS) is 1. The van der Waals surface area contributed by atoms with Gasteiger partial charge in [0, 0.05) is 64.8 Å². The third kappa shape index (κ3) is 51.5. The predicted molar refractivity (Wildman–Crippen MR) is 452 cm³/mol. The number of carboxylic acids is 1. The molecule has 0 heterocycles. The number of nitrogens with one attached hydrogen (secondary N) is 11. The summed E-state index contributed by atoms with van der Waals surface area (Å²) in [4.78, 5) is 215. The minimum atomic E-state index is -1.74. The summed E-state index contributed by atoms with van der Waals surface area (Å²) in [6, 6.07) is -10.3. The number of hydrogen-bond donors (Lipinski definition) is 31. The number of amides is 13. The Morgan fingerprint density at radius 1 is 0.350 bits per heavy atom. The van der Waals surface area contributed by atoms with Crippen LogP contribution in [0.15, 0.2) is 54.2 Å². The van der Waals surface area contributed by atoms with Crippen LogP contribution in [0.4, 0.5) is 0 Å². The highest BCUT2D eigenvalue weighted by molar-refractivity contribution is 7.80. The van der Waals surface area contributed by atoms with Crippen LogP contribution in [0.5, 0.6) is 5.75 Å². The van der Waals surface area contributed by atoms with Gasteiger partial charge in [-0.2, -0.15) is 12.6 Å². The van der Waals surface area contributed by atoms with Crippen molar-refractivity contribution < 1.29 is 77.3 Å². The summed E-state index contributed by atoms with van der Waals surface area (Å²) in [7, 11) is 0. The second-order valence-corrected chi connectivity index (χ2v) is 27.6. The molecule has 0 aliphatic carbocycles. The van der Waals surface area contributed by atoms with E-state index in [0.717, 1.165) is 6.92 Å². The SMILES string of the molecule is CC(=O)O.NCCCC[C@H](NC(=O)[C@H](CCCN=C(N)N)NC(=O)CNC(=O)[C@H](Cc1ccc(O)cc1)NC(=O)[C@@H](N)CS)C(=O)N[C@@H](CCCCN)C(=O)N[C@@H](CCCN=C(N)N)C(=O)N[C@@H](CCCN=C(N)N)C(=O)N[C@@H](CCC(N)=O)C(=O)N[C@@H](CCCN=C(N)N)C(=O)N[C@@H](CCCN=C(N)N)C(=O)N[C@@H](CCCN=C(N)N)C(N)=O. The Bertz CT molecular complexity index is 3600. The van der Waals surface area contributed by atoms with E-state index in [4.69, 9.17) is 107 Å². The van der Waals surface area contributed by atoms with E-state index in [0.29, 0.717) is 18.4 Å². The van der Waals surface area contributed by atoms with Crippen LogP contribution in [0, 0.1) is 0 Å². The number of carbonyl (C=O) groups excluding carboxylic acids is 13. The van der Waals surface area contributed by atoms with Crippen molar-refractivity contribution in [3.05, 3.63) is 29.8 Å². The molecule has 0 fully saturated rings. The van der Waals surface area contributed by atoms with Crippen LogP contribution in [-0.2, 0) is 73.5 Å². The molecule has 0 saturated heterocycles. The van der Waals surface area contributed by atoms with Crippen LogP contribution in [0.3, 0.4) is 0 Å². The maximum Gasteiger partial charge on any atom is 0.300 e. The Morgan fingerprint density at radius 3 is 0.858 bits per heavy atom. The highest BCUT2D eigenvalue weighted by Gasteiger charge is 2.36. The predicted octanol–water partition coefficient (Wildman–Crippen LogP) is -12.4. The number of aliphatic carboxylic acids is 1. The van der Waals surface area contributed by atoms with Gasteiger partial charge in [0.25, 0.3) is 5.97 Å². The molecule has 0 spiro atoms. The number of unbranched alkanes of at least 4 members (excludes halogenated alkanes) is 2. The molecule has 0 aliphatic heterocycles. The van der Waals surface area contributed by atoms with Gasteiger partial charge in [0.2, 0.25) is 76.8 Å². The zero-order valence-corrected chi connectivity index (χ0v) is 68.5. The summed E-state index contributed by atoms with van der Waals surface area (Å²) >= 11 is 4.06. The van der Waals surface area contributed by atoms with Crippen LogP contribution in [0.1, 0.15) is 141 Å². The van der Waals surface area contributed by atoms with Crippen molar-refractivity contribution in [2.45, 2.75) is 208 Å². The minimum absolute atomic E-state index is 0.00486. The molecule has 0 saturated carbocycles. The number of rotatable bonds is 61. The normalized spacial score (nSPS) is 13.4. The zero-order valence-electron chi connectivity index (χ0n) is 67.6. The molecule has 13 amide bonds. The van der Waals surface area contributed by atoms with Crippen LogP contribution in [-0.4, -0.2) is 260 Å². The molecule has 0 bridgehead atoms. The Labute approximate surface area is 700 Å². The first-order chi connectivity index (χ1) is 56.6. The van der Waals surface area contributed by atoms with E-state index in [1.807, 2.05) is 0 Å². The van der Waals surface area contributed by atoms with Crippen molar-refractivity contribution in [1.82, 2.24) is 58.5 Å². The number of carbonyl (C=O) groups is 14. The first kappa shape index (κ1) is 107. The van der Waals surface area contributed by atoms with E-state index in [-0.39, 0.29) is 209 Å². The Morgan fingerprint density at radius 2 is 0.600 bits per heavy atom. The fourth-order valence-corrected chi connectivity index (χ4v) is 11.0. The fourth-order valence-electron chi connectivity index (χ4n) is 10.9. The molecule has 1 aromatic rings. The standard InChI is InChI=1S/C67H124N34O14S.C2H4O2/c68-25-3-1-11-41(94-54(108)40(14-6-28-86-63(75)76)92-50(104)34-91-53(107)48(101-52(106)38(70)35-116)33-36-19-21-37(102)22-20-36)56(110)95-42(12-2-4-26-69)57(111)97-44(16-8-30-88-65(79)80)58(112)98-46(18-10-32-90-67(83)84)60(114)100-47(23-24-49(71)103)61(115)99-45(17-9-31-89-66(81)82)59(113)96-43(15-7-29-87-64(77)78)55(109)93-39(51(72)105)13-5-27-85-62(73)74;1-2(3)4/h19-22,38-48,102,116H,1-18,23-35,68-70H2,(H2,71,103)(H2,72,105)(H,91,107)(H,92,104)(H,93,109)(H,94,108)(H,95,110)(H,96,113)(H,97,111)(H,98,112)(H,99,115)(H,100,114)(H,101,106)(H4,73,74,85)(H4,75,76,86)(H4,77,78,87)(H4,79,80,88)(H4,81,82,89)(H4,83,84,90);1H3,(H,3,4)/t38-,39-,40-,41-,42-,43-,44-,45-,46-,47-,48-;/m0./s1. The van der Waals surface area contributed by atoms with Crippen LogP contribution in [0.2, 0.25) is 0 Å². The van der Waals surface area contributed by atoms with Crippen LogP contribution < -0.4 is 156 Å². The van der Waals surface area contributed by atoms with E-state index in [1.54, 1.807) is 0 Å². The first-order valence-corrected chi connectivity index (χ1v) is 39.2. The number of hydrogen-bond acceptors (Lipinski definition) is 25. The highest BCUT2D eigenvalue weighted by atomic mass is 32.1. The maximum absolute atomic E-state index is 14.9. The lowest BCUT2D eigenvalue weighted by atomic mass is 10.0. The highest BCUT2D eigenvalue weighted by Crippen LogP contribution is 2.15. The van der Waals surface area contributed by atoms with Gasteiger partial charge in [0.05, 0.1) is 12.6 Å². The van der Waals surface area contributed by atoms with Crippen LogP contribution >= 0.6 is 12.6 Å². The largest absolute Gasteiger partial charge is 0.508 e. The van der Waals surface area contributed by atoms with Gasteiger partial charge in [-0.25, -0.2) is 0 Å². The van der Waals surface area contributed by atoms with E-state index >= 15 is 0 Å². The second-order valence-electron chi connectivity index (χ2n) is 27.2. The molecule has 0 aliphatic rings. The number of nitrogens with two attached hydrogens (primary N) is 17. The van der Waals surface area contributed by atoms with Gasteiger partial charge in [-0.15, -0.1) is 0 Å². The monoisotopic (exact) mass is 1720 g/mol. The third-order valence-electron chi connectivity index (χ3n) is 17.0. The number of aromatic hydroxyl groups is 1. The third-order valence-corrected chi connectivity index (χ3v) is 17.3. The van der Waals surface area contributed by atoms with Gasteiger partial charge in [-0.3, -0.25) is 97.1 Å². The lowest BCUT2D eigenvalue weighted by Crippen LogP contribution is -2.60. The Kier molecular flexibility index (Phi) is 55.3. The fraction of sp³-hybridized carbons (Fsp3) is 0.623. The summed E-state index contributed by atoms with van der Waals surface area (Å²) in [6.07, 6.45) is -1.02. The van der Waals surface area contributed by atoms with Crippen LogP contribution in [0.25, 0.3) is 0 Å². The first-order valence-electron chi connectivity index (χ1n) is 38.6. The van der Waals surface area contributed by atoms with Crippen molar-refractivity contribution in [2.24, 2.45) is 127 Å².